The molecular weight excluding hydrogens is 212 g/mol. The van der Waals surface area contributed by atoms with Crippen LogP contribution in [0.4, 0.5) is 0 Å². The van der Waals surface area contributed by atoms with E-state index in [1.165, 1.54) is 51.7 Å². The Balaban J connectivity index is 1.72. The van der Waals surface area contributed by atoms with E-state index in [9.17, 15) is 0 Å². The van der Waals surface area contributed by atoms with E-state index in [-0.39, 0.29) is 0 Å². The minimum absolute atomic E-state index is 0.514. The molecule has 0 saturated carbocycles. The molecule has 100 valence electrons. The predicted octanol–water partition coefficient (Wildman–Crippen LogP) is 1.88. The molecule has 2 rings (SSSR count). The summed E-state index contributed by atoms with van der Waals surface area (Å²) in [5, 5.41) is 3.79. The monoisotopic (exact) mass is 240 g/mol. The summed E-state index contributed by atoms with van der Waals surface area (Å²) in [5.41, 5.74) is 0.514. The van der Waals surface area contributed by atoms with Gasteiger partial charge >= 0.3 is 0 Å². The van der Waals surface area contributed by atoms with E-state index < -0.39 is 0 Å². The Morgan fingerprint density at radius 3 is 2.76 bits per heavy atom. The first-order valence-corrected chi connectivity index (χ1v) is 7.18. The summed E-state index contributed by atoms with van der Waals surface area (Å²) in [6, 6.07) is 0.689. The van der Waals surface area contributed by atoms with Gasteiger partial charge in [-0.05, 0) is 57.7 Å². The molecule has 1 atom stereocenters. The largest absolute Gasteiger partial charge is 0.381 e. The van der Waals surface area contributed by atoms with Gasteiger partial charge in [0, 0.05) is 25.8 Å². The van der Waals surface area contributed by atoms with Gasteiger partial charge in [-0.15, -0.1) is 0 Å². The number of nitrogens with one attached hydrogen (secondary N) is 1. The number of nitrogens with zero attached hydrogens (tertiary/aromatic N) is 1. The maximum atomic E-state index is 5.51. The molecule has 0 aromatic rings. The molecule has 0 radical (unpaired) electrons. The smallest absolute Gasteiger partial charge is 0.0480 e. The Kier molecular flexibility index (Phi) is 4.83. The lowest BCUT2D eigenvalue weighted by atomic mass is 9.80. The Hall–Kier alpha value is -0.120. The van der Waals surface area contributed by atoms with Crippen molar-refractivity contribution in [2.24, 2.45) is 5.41 Å². The van der Waals surface area contributed by atoms with Crippen LogP contribution in [0.1, 0.15) is 39.0 Å². The van der Waals surface area contributed by atoms with Crippen molar-refractivity contribution in [1.29, 1.82) is 0 Å². The van der Waals surface area contributed by atoms with Gasteiger partial charge in [-0.3, -0.25) is 0 Å². The lowest BCUT2D eigenvalue weighted by Crippen LogP contribution is -2.44. The molecule has 2 heterocycles. The molecule has 0 bridgehead atoms. The molecule has 0 amide bonds. The average Bonchev–Trinajstić information content (AvgIpc) is 2.60. The average molecular weight is 240 g/mol. The summed E-state index contributed by atoms with van der Waals surface area (Å²) in [7, 11) is 2.23. The van der Waals surface area contributed by atoms with Gasteiger partial charge in [-0.1, -0.05) is 6.92 Å². The number of ether oxygens (including phenoxy) is 1. The molecule has 1 N–H and O–H groups in total. The van der Waals surface area contributed by atoms with E-state index >= 15 is 0 Å². The van der Waals surface area contributed by atoms with Crippen LogP contribution >= 0.6 is 0 Å². The molecule has 3 nitrogen and oxygen atoms in total. The fourth-order valence-corrected chi connectivity index (χ4v) is 2.83. The van der Waals surface area contributed by atoms with E-state index in [4.69, 9.17) is 4.74 Å². The first-order chi connectivity index (χ1) is 8.18. The van der Waals surface area contributed by atoms with Crippen molar-refractivity contribution in [3.8, 4) is 0 Å². The van der Waals surface area contributed by atoms with Crippen LogP contribution in [0, 0.1) is 5.41 Å². The second kappa shape index (κ2) is 6.17. The minimum atomic E-state index is 0.514. The topological polar surface area (TPSA) is 24.5 Å². The number of hydrogen-bond donors (Lipinski definition) is 1. The molecule has 1 unspecified atom stereocenters. The van der Waals surface area contributed by atoms with Crippen LogP contribution < -0.4 is 5.32 Å². The zero-order valence-corrected chi connectivity index (χ0v) is 11.5. The van der Waals surface area contributed by atoms with E-state index in [1.54, 1.807) is 0 Å². The summed E-state index contributed by atoms with van der Waals surface area (Å²) in [6.07, 6.45) is 6.36. The van der Waals surface area contributed by atoms with Gasteiger partial charge in [0.25, 0.3) is 0 Å². The second-order valence-corrected chi connectivity index (χ2v) is 6.24. The molecule has 0 aromatic heterocycles. The minimum Gasteiger partial charge on any atom is -0.381 e. The van der Waals surface area contributed by atoms with Gasteiger partial charge in [0.05, 0.1) is 0 Å². The van der Waals surface area contributed by atoms with Crippen molar-refractivity contribution in [3.63, 3.8) is 0 Å². The Morgan fingerprint density at radius 1 is 1.24 bits per heavy atom. The third kappa shape index (κ3) is 4.23. The highest BCUT2D eigenvalue weighted by Crippen LogP contribution is 2.29. The Bertz CT molecular complexity index is 216. The second-order valence-electron chi connectivity index (χ2n) is 6.24. The van der Waals surface area contributed by atoms with Gasteiger partial charge in [0.15, 0.2) is 0 Å². The number of likely N-dealkylation sites (tertiary alicyclic amines) is 1. The van der Waals surface area contributed by atoms with Crippen molar-refractivity contribution >= 4 is 0 Å². The molecular formula is C14H28N2O. The zero-order chi connectivity index (χ0) is 12.1. The number of rotatable bonds is 3. The lowest BCUT2D eigenvalue weighted by molar-refractivity contribution is 0.128. The van der Waals surface area contributed by atoms with Gasteiger partial charge in [0.1, 0.15) is 0 Å². The molecule has 0 aliphatic carbocycles. The lowest BCUT2D eigenvalue weighted by Gasteiger charge is -2.39. The molecule has 2 aliphatic heterocycles. The maximum Gasteiger partial charge on any atom is 0.0480 e. The quantitative estimate of drug-likeness (QED) is 0.815. The van der Waals surface area contributed by atoms with Crippen molar-refractivity contribution in [1.82, 2.24) is 10.2 Å². The molecule has 17 heavy (non-hydrogen) atoms. The highest BCUT2D eigenvalue weighted by Gasteiger charge is 2.29. The van der Waals surface area contributed by atoms with E-state index in [0.717, 1.165) is 13.2 Å². The van der Waals surface area contributed by atoms with Crippen molar-refractivity contribution in [3.05, 3.63) is 0 Å². The fraction of sp³-hybridized carbons (Fsp3) is 1.00. The standard InChI is InChI=1S/C14H28N2O/c1-14(6-8-16(2)9-7-14)12-15-13-4-3-10-17-11-5-13/h13,15H,3-12H2,1-2H3. The van der Waals surface area contributed by atoms with E-state index in [0.29, 0.717) is 11.5 Å². The third-order valence-electron chi connectivity index (χ3n) is 4.46. The first-order valence-electron chi connectivity index (χ1n) is 7.18. The van der Waals surface area contributed by atoms with Crippen molar-refractivity contribution < 1.29 is 4.74 Å². The normalized spacial score (nSPS) is 31.1. The molecule has 2 fully saturated rings. The highest BCUT2D eigenvalue weighted by atomic mass is 16.5. The van der Waals surface area contributed by atoms with Gasteiger partial charge in [-0.25, -0.2) is 0 Å². The molecule has 2 aliphatic rings. The van der Waals surface area contributed by atoms with Gasteiger partial charge in [0.2, 0.25) is 0 Å². The zero-order valence-electron chi connectivity index (χ0n) is 11.5. The first kappa shape index (κ1) is 13.3. The molecule has 0 spiro atoms. The molecule has 0 aromatic carbocycles. The van der Waals surface area contributed by atoms with Crippen LogP contribution in [0.5, 0.6) is 0 Å². The number of piperidine rings is 1. The Morgan fingerprint density at radius 2 is 2.00 bits per heavy atom. The van der Waals surface area contributed by atoms with Crippen LogP contribution in [0.25, 0.3) is 0 Å². The number of hydrogen-bond acceptors (Lipinski definition) is 3. The van der Waals surface area contributed by atoms with Crippen molar-refractivity contribution in [2.45, 2.75) is 45.1 Å². The highest BCUT2D eigenvalue weighted by molar-refractivity contribution is 4.84. The SMILES string of the molecule is CN1CCC(C)(CNC2CCCOCC2)CC1. The molecule has 2 saturated heterocycles. The fourth-order valence-electron chi connectivity index (χ4n) is 2.83. The van der Waals surface area contributed by atoms with Crippen LogP contribution in [0.15, 0.2) is 0 Å². The summed E-state index contributed by atoms with van der Waals surface area (Å²) in [6.45, 7) is 8.04. The summed E-state index contributed by atoms with van der Waals surface area (Å²) >= 11 is 0. The Labute approximate surface area is 106 Å². The summed E-state index contributed by atoms with van der Waals surface area (Å²) in [4.78, 5) is 2.45. The maximum absolute atomic E-state index is 5.51. The van der Waals surface area contributed by atoms with Crippen LogP contribution in [-0.4, -0.2) is 50.8 Å². The third-order valence-corrected chi connectivity index (χ3v) is 4.46. The van der Waals surface area contributed by atoms with E-state index in [2.05, 4.69) is 24.2 Å². The van der Waals surface area contributed by atoms with Crippen LogP contribution in [-0.2, 0) is 4.74 Å². The van der Waals surface area contributed by atoms with E-state index in [1.807, 2.05) is 0 Å². The van der Waals surface area contributed by atoms with Crippen LogP contribution in [0.3, 0.4) is 0 Å². The van der Waals surface area contributed by atoms with Gasteiger partial charge in [-0.2, -0.15) is 0 Å². The summed E-state index contributed by atoms with van der Waals surface area (Å²) in [5.74, 6) is 0. The van der Waals surface area contributed by atoms with Crippen molar-refractivity contribution in [2.75, 3.05) is 39.9 Å². The van der Waals surface area contributed by atoms with Crippen LogP contribution in [0.2, 0.25) is 0 Å². The molecule has 3 heteroatoms. The predicted molar refractivity (Wildman–Crippen MR) is 71.3 cm³/mol. The summed E-state index contributed by atoms with van der Waals surface area (Å²) < 4.78 is 5.51. The van der Waals surface area contributed by atoms with Gasteiger partial charge < -0.3 is 15.0 Å².